The minimum atomic E-state index is -0.274. The van der Waals surface area contributed by atoms with Gasteiger partial charge in [0.15, 0.2) is 5.84 Å². The highest BCUT2D eigenvalue weighted by Crippen LogP contribution is 2.30. The van der Waals surface area contributed by atoms with Crippen molar-refractivity contribution >= 4 is 17.6 Å². The SMILES string of the molecule is N/C(=N\O)c1ccccc1Sc1ccc(F)cc1. The van der Waals surface area contributed by atoms with Crippen molar-refractivity contribution in [3.63, 3.8) is 0 Å². The smallest absolute Gasteiger partial charge is 0.171 e. The molecule has 0 saturated heterocycles. The van der Waals surface area contributed by atoms with Gasteiger partial charge in [-0.1, -0.05) is 35.1 Å². The van der Waals surface area contributed by atoms with Gasteiger partial charge in [-0.25, -0.2) is 4.39 Å². The molecule has 0 aliphatic heterocycles. The first-order chi connectivity index (χ1) is 8.70. The molecular weight excluding hydrogens is 251 g/mol. The molecule has 0 aromatic heterocycles. The van der Waals surface area contributed by atoms with Crippen LogP contribution in [-0.4, -0.2) is 11.0 Å². The zero-order valence-corrected chi connectivity index (χ0v) is 10.2. The van der Waals surface area contributed by atoms with E-state index in [1.807, 2.05) is 18.2 Å². The Kier molecular flexibility index (Phi) is 3.84. The summed E-state index contributed by atoms with van der Waals surface area (Å²) in [5.41, 5.74) is 6.25. The molecule has 18 heavy (non-hydrogen) atoms. The third-order valence-electron chi connectivity index (χ3n) is 2.31. The summed E-state index contributed by atoms with van der Waals surface area (Å²) >= 11 is 1.43. The molecule has 2 rings (SSSR count). The molecule has 0 atom stereocenters. The maximum absolute atomic E-state index is 12.8. The van der Waals surface area contributed by atoms with Gasteiger partial charge in [-0.2, -0.15) is 0 Å². The standard InChI is InChI=1S/C13H11FN2OS/c14-9-5-7-10(8-6-9)18-12-4-2-1-3-11(12)13(15)16-17/h1-8,17H,(H2,15,16). The first-order valence-corrected chi connectivity index (χ1v) is 6.02. The molecule has 0 bridgehead atoms. The molecule has 0 fully saturated rings. The molecule has 3 nitrogen and oxygen atoms in total. The predicted octanol–water partition coefficient (Wildman–Crippen LogP) is 3.07. The number of hydrogen-bond donors (Lipinski definition) is 2. The van der Waals surface area contributed by atoms with Gasteiger partial charge in [-0.15, -0.1) is 0 Å². The molecule has 0 heterocycles. The van der Waals surface area contributed by atoms with Crippen molar-refractivity contribution in [2.45, 2.75) is 9.79 Å². The second kappa shape index (κ2) is 5.55. The van der Waals surface area contributed by atoms with Crippen LogP contribution in [0.4, 0.5) is 4.39 Å². The molecule has 0 radical (unpaired) electrons. The van der Waals surface area contributed by atoms with Crippen molar-refractivity contribution < 1.29 is 9.60 Å². The Hall–Kier alpha value is -2.01. The van der Waals surface area contributed by atoms with Crippen LogP contribution >= 0.6 is 11.8 Å². The average molecular weight is 262 g/mol. The van der Waals surface area contributed by atoms with E-state index in [1.165, 1.54) is 23.9 Å². The quantitative estimate of drug-likeness (QED) is 0.387. The van der Waals surface area contributed by atoms with Crippen molar-refractivity contribution in [1.82, 2.24) is 0 Å². The molecule has 0 unspecified atom stereocenters. The van der Waals surface area contributed by atoms with E-state index in [0.717, 1.165) is 9.79 Å². The Bertz CT molecular complexity index is 569. The summed E-state index contributed by atoms with van der Waals surface area (Å²) in [7, 11) is 0. The van der Waals surface area contributed by atoms with Crippen molar-refractivity contribution in [3.05, 3.63) is 59.9 Å². The topological polar surface area (TPSA) is 58.6 Å². The number of halogens is 1. The fourth-order valence-electron chi connectivity index (χ4n) is 1.45. The van der Waals surface area contributed by atoms with E-state index < -0.39 is 0 Å². The minimum absolute atomic E-state index is 0.0558. The summed E-state index contributed by atoms with van der Waals surface area (Å²) in [6, 6.07) is 13.5. The Morgan fingerprint density at radius 2 is 1.78 bits per heavy atom. The molecule has 0 spiro atoms. The van der Waals surface area contributed by atoms with E-state index >= 15 is 0 Å². The third kappa shape index (κ3) is 2.81. The van der Waals surface area contributed by atoms with Crippen LogP contribution in [0, 0.1) is 5.82 Å². The van der Waals surface area contributed by atoms with Crippen LogP contribution < -0.4 is 5.73 Å². The van der Waals surface area contributed by atoms with Crippen LogP contribution in [0.2, 0.25) is 0 Å². The van der Waals surface area contributed by atoms with Crippen LogP contribution in [0.1, 0.15) is 5.56 Å². The summed E-state index contributed by atoms with van der Waals surface area (Å²) in [4.78, 5) is 1.73. The van der Waals surface area contributed by atoms with Gasteiger partial charge in [0.2, 0.25) is 0 Å². The maximum atomic E-state index is 12.8. The number of hydrogen-bond acceptors (Lipinski definition) is 3. The van der Waals surface area contributed by atoms with Gasteiger partial charge in [0.25, 0.3) is 0 Å². The highest BCUT2D eigenvalue weighted by molar-refractivity contribution is 7.99. The molecule has 92 valence electrons. The minimum Gasteiger partial charge on any atom is -0.409 e. The predicted molar refractivity (Wildman–Crippen MR) is 69.5 cm³/mol. The molecule has 3 N–H and O–H groups in total. The normalized spacial score (nSPS) is 11.5. The molecule has 0 aliphatic carbocycles. The van der Waals surface area contributed by atoms with Crippen LogP contribution in [0.15, 0.2) is 63.5 Å². The van der Waals surface area contributed by atoms with E-state index in [4.69, 9.17) is 10.9 Å². The highest BCUT2D eigenvalue weighted by atomic mass is 32.2. The second-order valence-electron chi connectivity index (χ2n) is 3.54. The Balaban J connectivity index is 2.32. The maximum Gasteiger partial charge on any atom is 0.171 e. The third-order valence-corrected chi connectivity index (χ3v) is 3.40. The van der Waals surface area contributed by atoms with E-state index in [0.29, 0.717) is 5.56 Å². The lowest BCUT2D eigenvalue weighted by Gasteiger charge is -2.07. The van der Waals surface area contributed by atoms with Crippen molar-refractivity contribution in [1.29, 1.82) is 0 Å². The summed E-state index contributed by atoms with van der Waals surface area (Å²) in [5, 5.41) is 11.7. The zero-order chi connectivity index (χ0) is 13.0. The van der Waals surface area contributed by atoms with Crippen LogP contribution in [0.3, 0.4) is 0 Å². The first kappa shape index (κ1) is 12.4. The van der Waals surface area contributed by atoms with Crippen molar-refractivity contribution in [3.8, 4) is 0 Å². The largest absolute Gasteiger partial charge is 0.409 e. The molecule has 0 saturated carbocycles. The lowest BCUT2D eigenvalue weighted by molar-refractivity contribution is 0.318. The molecular formula is C13H11FN2OS. The molecule has 0 aliphatic rings. The number of nitrogens with zero attached hydrogens (tertiary/aromatic N) is 1. The number of benzene rings is 2. The van der Waals surface area contributed by atoms with Gasteiger partial charge in [-0.3, -0.25) is 0 Å². The summed E-state index contributed by atoms with van der Waals surface area (Å²) < 4.78 is 12.8. The lowest BCUT2D eigenvalue weighted by Crippen LogP contribution is -2.13. The van der Waals surface area contributed by atoms with Gasteiger partial charge in [0.1, 0.15) is 5.82 Å². The Morgan fingerprint density at radius 3 is 2.44 bits per heavy atom. The van der Waals surface area contributed by atoms with Crippen LogP contribution in [0.25, 0.3) is 0 Å². The van der Waals surface area contributed by atoms with Gasteiger partial charge in [-0.05, 0) is 30.3 Å². The zero-order valence-electron chi connectivity index (χ0n) is 9.38. The van der Waals surface area contributed by atoms with E-state index in [2.05, 4.69) is 5.16 Å². The molecule has 0 amide bonds. The number of nitrogens with two attached hydrogens (primary N) is 1. The monoisotopic (exact) mass is 262 g/mol. The van der Waals surface area contributed by atoms with Crippen molar-refractivity contribution in [2.24, 2.45) is 10.9 Å². The number of amidine groups is 1. The summed E-state index contributed by atoms with van der Waals surface area (Å²) in [5.74, 6) is -0.218. The molecule has 2 aromatic carbocycles. The number of oxime groups is 1. The van der Waals surface area contributed by atoms with Crippen molar-refractivity contribution in [2.75, 3.05) is 0 Å². The van der Waals surface area contributed by atoms with Gasteiger partial charge < -0.3 is 10.9 Å². The van der Waals surface area contributed by atoms with Gasteiger partial charge in [0.05, 0.1) is 0 Å². The first-order valence-electron chi connectivity index (χ1n) is 5.21. The van der Waals surface area contributed by atoms with Crippen LogP contribution in [0.5, 0.6) is 0 Å². The molecule has 5 heteroatoms. The summed E-state index contributed by atoms with van der Waals surface area (Å²) in [6.45, 7) is 0. The van der Waals surface area contributed by atoms with Gasteiger partial charge >= 0.3 is 0 Å². The summed E-state index contributed by atoms with van der Waals surface area (Å²) in [6.07, 6.45) is 0. The van der Waals surface area contributed by atoms with E-state index in [9.17, 15) is 4.39 Å². The van der Waals surface area contributed by atoms with Crippen LogP contribution in [-0.2, 0) is 0 Å². The van der Waals surface area contributed by atoms with Gasteiger partial charge in [0, 0.05) is 15.4 Å². The van der Waals surface area contributed by atoms with E-state index in [-0.39, 0.29) is 11.7 Å². The average Bonchev–Trinajstić information content (AvgIpc) is 2.41. The van der Waals surface area contributed by atoms with E-state index in [1.54, 1.807) is 18.2 Å². The Labute approximate surface area is 108 Å². The fourth-order valence-corrected chi connectivity index (χ4v) is 2.41. The molecule has 2 aromatic rings. The number of rotatable bonds is 3. The second-order valence-corrected chi connectivity index (χ2v) is 4.65. The fraction of sp³-hybridized carbons (Fsp3) is 0. The highest BCUT2D eigenvalue weighted by Gasteiger charge is 2.07. The lowest BCUT2D eigenvalue weighted by atomic mass is 10.2. The Morgan fingerprint density at radius 1 is 1.11 bits per heavy atom.